The van der Waals surface area contributed by atoms with Gasteiger partial charge in [-0.2, -0.15) is 0 Å². The molecule has 1 amide bonds. The van der Waals surface area contributed by atoms with Crippen LogP contribution in [0.1, 0.15) is 32.8 Å². The van der Waals surface area contributed by atoms with E-state index in [9.17, 15) is 9.90 Å². The second kappa shape index (κ2) is 7.31. The molecule has 0 aliphatic rings. The second-order valence-corrected chi connectivity index (χ2v) is 6.26. The number of alkyl carbamates (subject to hydrolysis) is 1. The molecule has 0 spiro atoms. The van der Waals surface area contributed by atoms with Gasteiger partial charge >= 0.3 is 6.09 Å². The zero-order valence-electron chi connectivity index (χ0n) is 14.1. The predicted octanol–water partition coefficient (Wildman–Crippen LogP) is 3.50. The maximum atomic E-state index is 11.8. The van der Waals surface area contributed by atoms with Gasteiger partial charge in [0.1, 0.15) is 11.1 Å². The minimum absolute atomic E-state index is 0.0842. The van der Waals surface area contributed by atoms with Crippen molar-refractivity contribution >= 4 is 17.2 Å². The fraction of sp³-hybridized carbons (Fsp3) is 0.333. The first-order valence-electron chi connectivity index (χ1n) is 7.62. The minimum Gasteiger partial charge on any atom is -0.444 e. The van der Waals surface area contributed by atoms with Crippen LogP contribution >= 0.6 is 0 Å². The van der Waals surface area contributed by atoms with Crippen molar-refractivity contribution in [3.05, 3.63) is 54.5 Å². The van der Waals surface area contributed by atoms with Crippen LogP contribution in [0.15, 0.2) is 53.0 Å². The molecule has 0 fully saturated rings. The van der Waals surface area contributed by atoms with Gasteiger partial charge in [-0.15, -0.1) is 0 Å². The van der Waals surface area contributed by atoms with Crippen LogP contribution in [0.25, 0.3) is 11.1 Å². The summed E-state index contributed by atoms with van der Waals surface area (Å²) in [6, 6.07) is 7.24. The van der Waals surface area contributed by atoms with Gasteiger partial charge in [0.25, 0.3) is 0 Å². The van der Waals surface area contributed by atoms with E-state index in [2.05, 4.69) is 16.9 Å². The highest BCUT2D eigenvalue weighted by atomic mass is 16.6. The summed E-state index contributed by atoms with van der Waals surface area (Å²) in [5.41, 5.74) is 1.14. The number of oxazole rings is 1. The molecule has 0 saturated heterocycles. The number of fused-ring (bicyclic) bond motifs is 1. The third-order valence-corrected chi connectivity index (χ3v) is 3.06. The van der Waals surface area contributed by atoms with Crippen LogP contribution in [0, 0.1) is 0 Å². The Labute approximate surface area is 140 Å². The van der Waals surface area contributed by atoms with Gasteiger partial charge in [0.15, 0.2) is 11.7 Å². The lowest BCUT2D eigenvalue weighted by Gasteiger charge is -2.20. The molecule has 0 aliphatic heterocycles. The van der Waals surface area contributed by atoms with Gasteiger partial charge in [-0.1, -0.05) is 30.9 Å². The number of hydrogen-bond donors (Lipinski definition) is 2. The molecule has 6 nitrogen and oxygen atoms in total. The van der Waals surface area contributed by atoms with Crippen LogP contribution in [0.2, 0.25) is 0 Å². The molecule has 1 aromatic carbocycles. The van der Waals surface area contributed by atoms with Gasteiger partial charge in [0, 0.05) is 6.54 Å². The second-order valence-electron chi connectivity index (χ2n) is 6.26. The summed E-state index contributed by atoms with van der Waals surface area (Å²) in [6.07, 6.45) is 1.47. The van der Waals surface area contributed by atoms with Gasteiger partial charge in [-0.3, -0.25) is 0 Å². The molecular formula is C18H22N2O4. The number of ether oxygens (including phenoxy) is 1. The molecule has 0 radical (unpaired) electrons. The van der Waals surface area contributed by atoms with Crippen LogP contribution in [-0.2, 0) is 4.74 Å². The summed E-state index contributed by atoms with van der Waals surface area (Å²) in [5.74, 6) is 0.162. The fourth-order valence-electron chi connectivity index (χ4n) is 2.05. The van der Waals surface area contributed by atoms with E-state index in [-0.39, 0.29) is 12.4 Å². The number of carbonyl (C=O) groups excluding carboxylic acids is 1. The average Bonchev–Trinajstić information content (AvgIpc) is 2.93. The van der Waals surface area contributed by atoms with E-state index >= 15 is 0 Å². The van der Waals surface area contributed by atoms with Crippen molar-refractivity contribution in [3.8, 4) is 0 Å². The normalized spacial score (nSPS) is 13.6. The highest BCUT2D eigenvalue weighted by Gasteiger charge is 2.21. The molecular weight excluding hydrogens is 308 g/mol. The Morgan fingerprint density at radius 1 is 1.46 bits per heavy atom. The number of hydrogen-bond acceptors (Lipinski definition) is 5. The van der Waals surface area contributed by atoms with Crippen LogP contribution in [0.4, 0.5) is 4.79 Å². The fourth-order valence-corrected chi connectivity index (χ4v) is 2.05. The average molecular weight is 330 g/mol. The maximum Gasteiger partial charge on any atom is 0.407 e. The smallest absolute Gasteiger partial charge is 0.407 e. The first-order chi connectivity index (χ1) is 11.3. The number of aliphatic hydroxyl groups is 1. The maximum absolute atomic E-state index is 11.8. The zero-order chi connectivity index (χ0) is 17.7. The Bertz CT molecular complexity index is 723. The summed E-state index contributed by atoms with van der Waals surface area (Å²) in [4.78, 5) is 16.0. The number of benzene rings is 1. The summed E-state index contributed by atoms with van der Waals surface area (Å²) >= 11 is 0. The van der Waals surface area contributed by atoms with Crippen LogP contribution < -0.4 is 5.32 Å². The summed E-state index contributed by atoms with van der Waals surface area (Å²) in [7, 11) is 0. The highest BCUT2D eigenvalue weighted by Crippen LogP contribution is 2.24. The Morgan fingerprint density at radius 3 is 2.79 bits per heavy atom. The molecule has 0 aliphatic carbocycles. The first-order valence-corrected chi connectivity index (χ1v) is 7.62. The SMILES string of the molecule is C=C/C=C(\CNC(=O)OC(C)(C)C)[C@H](O)c1nc2ccccc2o1. The highest BCUT2D eigenvalue weighted by molar-refractivity contribution is 5.72. The summed E-state index contributed by atoms with van der Waals surface area (Å²) in [5, 5.41) is 13.1. The summed E-state index contributed by atoms with van der Waals surface area (Å²) < 4.78 is 10.7. The lowest BCUT2D eigenvalue weighted by molar-refractivity contribution is 0.0528. The molecule has 24 heavy (non-hydrogen) atoms. The van der Waals surface area contributed by atoms with Crippen LogP contribution in [0.5, 0.6) is 0 Å². The molecule has 0 saturated carbocycles. The standard InChI is InChI=1S/C18H22N2O4/c1-5-8-12(11-19-17(22)24-18(2,3)4)15(21)16-20-13-9-6-7-10-14(13)23-16/h5-10,15,21H,1,11H2,2-4H3,(H,19,22)/b12-8+/t15-/m0/s1. The number of aliphatic hydroxyl groups excluding tert-OH is 1. The van der Waals surface area contributed by atoms with Crippen molar-refractivity contribution in [3.63, 3.8) is 0 Å². The van der Waals surface area contributed by atoms with Crippen molar-refractivity contribution < 1.29 is 19.1 Å². The van der Waals surface area contributed by atoms with E-state index in [1.165, 1.54) is 6.08 Å². The van der Waals surface area contributed by atoms with Crippen molar-refractivity contribution in [2.45, 2.75) is 32.5 Å². The van der Waals surface area contributed by atoms with Crippen molar-refractivity contribution in [2.24, 2.45) is 0 Å². The molecule has 6 heteroatoms. The Balaban J connectivity index is 2.10. The summed E-state index contributed by atoms with van der Waals surface area (Å²) in [6.45, 7) is 9.04. The van der Waals surface area contributed by atoms with Crippen molar-refractivity contribution in [2.75, 3.05) is 6.54 Å². The van der Waals surface area contributed by atoms with E-state index in [1.807, 2.05) is 12.1 Å². The van der Waals surface area contributed by atoms with Gasteiger partial charge in [0.05, 0.1) is 0 Å². The van der Waals surface area contributed by atoms with Crippen LogP contribution in [-0.4, -0.2) is 28.3 Å². The predicted molar refractivity (Wildman–Crippen MR) is 91.5 cm³/mol. The molecule has 2 N–H and O–H groups in total. The number of carbonyl (C=O) groups is 1. The topological polar surface area (TPSA) is 84.6 Å². The van der Waals surface area contributed by atoms with E-state index in [1.54, 1.807) is 39.0 Å². The largest absolute Gasteiger partial charge is 0.444 e. The Kier molecular flexibility index (Phi) is 5.41. The first kappa shape index (κ1) is 17.7. The Hall–Kier alpha value is -2.60. The number of allylic oxidation sites excluding steroid dienone is 2. The van der Waals surface area contributed by atoms with E-state index in [4.69, 9.17) is 9.15 Å². The third kappa shape index (κ3) is 4.70. The molecule has 1 aromatic heterocycles. The van der Waals surface area contributed by atoms with Gasteiger partial charge < -0.3 is 19.6 Å². The number of amides is 1. The monoisotopic (exact) mass is 330 g/mol. The molecule has 0 bridgehead atoms. The molecule has 128 valence electrons. The van der Waals surface area contributed by atoms with E-state index < -0.39 is 17.8 Å². The van der Waals surface area contributed by atoms with E-state index in [0.29, 0.717) is 16.7 Å². The number of nitrogens with zero attached hydrogens (tertiary/aromatic N) is 1. The molecule has 2 rings (SSSR count). The Morgan fingerprint density at radius 2 is 2.17 bits per heavy atom. The minimum atomic E-state index is -1.09. The molecule has 1 atom stereocenters. The van der Waals surface area contributed by atoms with Crippen LogP contribution in [0.3, 0.4) is 0 Å². The van der Waals surface area contributed by atoms with E-state index in [0.717, 1.165) is 0 Å². The molecule has 1 heterocycles. The lowest BCUT2D eigenvalue weighted by Crippen LogP contribution is -2.34. The number of para-hydroxylation sites is 2. The van der Waals surface area contributed by atoms with Gasteiger partial charge in [-0.05, 0) is 38.5 Å². The zero-order valence-corrected chi connectivity index (χ0v) is 14.1. The lowest BCUT2D eigenvalue weighted by atomic mass is 10.1. The number of aromatic nitrogens is 1. The van der Waals surface area contributed by atoms with Gasteiger partial charge in [-0.25, -0.2) is 9.78 Å². The third-order valence-electron chi connectivity index (χ3n) is 3.06. The number of nitrogens with one attached hydrogen (secondary N) is 1. The van der Waals surface area contributed by atoms with Crippen molar-refractivity contribution in [1.29, 1.82) is 0 Å². The number of rotatable bonds is 5. The quantitative estimate of drug-likeness (QED) is 0.820. The van der Waals surface area contributed by atoms with Crippen molar-refractivity contribution in [1.82, 2.24) is 10.3 Å². The molecule has 2 aromatic rings. The van der Waals surface area contributed by atoms with Gasteiger partial charge in [0.2, 0.25) is 5.89 Å². The molecule has 0 unspecified atom stereocenters.